The van der Waals surface area contributed by atoms with Crippen LogP contribution in [-0.4, -0.2) is 66.4 Å². The lowest BCUT2D eigenvalue weighted by atomic mass is 9.90. The van der Waals surface area contributed by atoms with E-state index in [1.165, 1.54) is 5.56 Å². The molecule has 0 saturated carbocycles. The maximum absolute atomic E-state index is 10.8. The molecule has 1 N–H and O–H groups in total. The maximum Gasteiger partial charge on any atom is 0.0798 e. The number of hydrogen-bond donors (Lipinski definition) is 1. The van der Waals surface area contributed by atoms with E-state index < -0.39 is 5.60 Å². The van der Waals surface area contributed by atoms with E-state index in [1.54, 1.807) is 0 Å². The zero-order chi connectivity index (χ0) is 14.5. The van der Waals surface area contributed by atoms with E-state index >= 15 is 0 Å². The first kappa shape index (κ1) is 15.0. The second kappa shape index (κ2) is 6.88. The molecule has 0 bridgehead atoms. The van der Waals surface area contributed by atoms with Gasteiger partial charge in [0.1, 0.15) is 0 Å². The largest absolute Gasteiger partial charge is 0.388 e. The molecule has 0 radical (unpaired) electrons. The molecule has 3 rings (SSSR count). The topological polar surface area (TPSA) is 35.9 Å². The first-order valence-electron chi connectivity index (χ1n) is 8.02. The van der Waals surface area contributed by atoms with Gasteiger partial charge in [0.15, 0.2) is 0 Å². The van der Waals surface area contributed by atoms with E-state index in [1.807, 2.05) is 0 Å². The molecule has 0 spiro atoms. The Labute approximate surface area is 127 Å². The highest BCUT2D eigenvalue weighted by Crippen LogP contribution is 2.24. The second-order valence-corrected chi connectivity index (χ2v) is 6.37. The summed E-state index contributed by atoms with van der Waals surface area (Å²) in [6.45, 7) is 7.27. The average molecular weight is 290 g/mol. The molecule has 2 aliphatic rings. The Kier molecular flexibility index (Phi) is 4.91. The number of hydrogen-bond acceptors (Lipinski definition) is 4. The van der Waals surface area contributed by atoms with Crippen LogP contribution in [0, 0.1) is 0 Å². The summed E-state index contributed by atoms with van der Waals surface area (Å²) in [5.41, 5.74) is 0.848. The van der Waals surface area contributed by atoms with E-state index in [0.717, 1.165) is 65.3 Å². The number of morpholine rings is 1. The van der Waals surface area contributed by atoms with E-state index in [9.17, 15) is 5.11 Å². The smallest absolute Gasteiger partial charge is 0.0798 e. The Bertz CT molecular complexity index is 424. The molecule has 1 aromatic rings. The van der Waals surface area contributed by atoms with Crippen LogP contribution in [0.4, 0.5) is 0 Å². The van der Waals surface area contributed by atoms with E-state index in [0.29, 0.717) is 0 Å². The number of likely N-dealkylation sites (tertiary alicyclic amines) is 1. The third kappa shape index (κ3) is 4.27. The Hall–Kier alpha value is -0.940. The SMILES string of the molecule is OC1(CN2CCOCC2)CCN(Cc2ccccc2)CC1. The zero-order valence-electron chi connectivity index (χ0n) is 12.7. The zero-order valence-corrected chi connectivity index (χ0v) is 12.7. The highest BCUT2D eigenvalue weighted by Gasteiger charge is 2.34. The molecule has 21 heavy (non-hydrogen) atoms. The molecule has 1 aromatic carbocycles. The number of rotatable bonds is 4. The Balaban J connectivity index is 1.47. The van der Waals surface area contributed by atoms with Crippen LogP contribution in [0.15, 0.2) is 30.3 Å². The lowest BCUT2D eigenvalue weighted by molar-refractivity contribution is -0.0648. The van der Waals surface area contributed by atoms with Crippen molar-refractivity contribution in [2.24, 2.45) is 0 Å². The summed E-state index contributed by atoms with van der Waals surface area (Å²) in [5, 5.41) is 10.8. The molecule has 2 saturated heterocycles. The average Bonchev–Trinajstić information content (AvgIpc) is 2.52. The molecular weight excluding hydrogens is 264 g/mol. The Morgan fingerprint density at radius 3 is 2.29 bits per heavy atom. The van der Waals surface area contributed by atoms with Crippen molar-refractivity contribution in [2.75, 3.05) is 45.9 Å². The summed E-state index contributed by atoms with van der Waals surface area (Å²) in [7, 11) is 0. The first-order chi connectivity index (χ1) is 10.2. The predicted octanol–water partition coefficient (Wildman–Crippen LogP) is 1.35. The Morgan fingerprint density at radius 1 is 0.952 bits per heavy atom. The van der Waals surface area contributed by atoms with Crippen LogP contribution in [0.2, 0.25) is 0 Å². The molecule has 4 heteroatoms. The minimum absolute atomic E-state index is 0.509. The van der Waals surface area contributed by atoms with Crippen LogP contribution in [0.1, 0.15) is 18.4 Å². The lowest BCUT2D eigenvalue weighted by Crippen LogP contribution is -2.52. The lowest BCUT2D eigenvalue weighted by Gasteiger charge is -2.41. The van der Waals surface area contributed by atoms with Crippen molar-refractivity contribution in [3.63, 3.8) is 0 Å². The minimum Gasteiger partial charge on any atom is -0.388 e. The van der Waals surface area contributed by atoms with Crippen molar-refractivity contribution in [1.29, 1.82) is 0 Å². The van der Waals surface area contributed by atoms with Gasteiger partial charge in [-0.15, -0.1) is 0 Å². The van der Waals surface area contributed by atoms with Gasteiger partial charge in [-0.1, -0.05) is 30.3 Å². The number of ether oxygens (including phenoxy) is 1. The van der Waals surface area contributed by atoms with Gasteiger partial charge in [-0.25, -0.2) is 0 Å². The second-order valence-electron chi connectivity index (χ2n) is 6.37. The molecule has 0 amide bonds. The van der Waals surface area contributed by atoms with E-state index in [-0.39, 0.29) is 0 Å². The molecule has 2 heterocycles. The van der Waals surface area contributed by atoms with Crippen molar-refractivity contribution in [1.82, 2.24) is 9.80 Å². The predicted molar refractivity (Wildman–Crippen MR) is 83.2 cm³/mol. The van der Waals surface area contributed by atoms with Gasteiger partial charge in [0.2, 0.25) is 0 Å². The summed E-state index contributed by atoms with van der Waals surface area (Å²) in [6.07, 6.45) is 1.74. The molecule has 0 unspecified atom stereocenters. The summed E-state index contributed by atoms with van der Waals surface area (Å²) in [6, 6.07) is 10.6. The molecule has 0 aliphatic carbocycles. The van der Waals surface area contributed by atoms with Crippen LogP contribution in [-0.2, 0) is 11.3 Å². The third-order valence-corrected chi connectivity index (χ3v) is 4.66. The van der Waals surface area contributed by atoms with Crippen LogP contribution >= 0.6 is 0 Å². The normalized spacial score (nSPS) is 24.0. The van der Waals surface area contributed by atoms with Gasteiger partial charge < -0.3 is 9.84 Å². The number of aliphatic hydroxyl groups is 1. The van der Waals surface area contributed by atoms with Crippen molar-refractivity contribution < 1.29 is 9.84 Å². The van der Waals surface area contributed by atoms with Gasteiger partial charge in [0, 0.05) is 39.3 Å². The maximum atomic E-state index is 10.8. The van der Waals surface area contributed by atoms with Crippen LogP contribution in [0.3, 0.4) is 0 Å². The molecular formula is C17H26N2O2. The molecule has 2 fully saturated rings. The highest BCUT2D eigenvalue weighted by molar-refractivity contribution is 5.14. The summed E-state index contributed by atoms with van der Waals surface area (Å²) in [4.78, 5) is 4.79. The molecule has 116 valence electrons. The number of piperidine rings is 1. The molecule has 0 aromatic heterocycles. The van der Waals surface area contributed by atoms with Gasteiger partial charge >= 0.3 is 0 Å². The fourth-order valence-electron chi connectivity index (χ4n) is 3.30. The summed E-state index contributed by atoms with van der Waals surface area (Å²) < 4.78 is 5.37. The minimum atomic E-state index is -0.509. The first-order valence-corrected chi connectivity index (χ1v) is 8.02. The van der Waals surface area contributed by atoms with Gasteiger partial charge in [0.05, 0.1) is 18.8 Å². The monoisotopic (exact) mass is 290 g/mol. The van der Waals surface area contributed by atoms with E-state index in [2.05, 4.69) is 40.1 Å². The van der Waals surface area contributed by atoms with Crippen molar-refractivity contribution in [3.8, 4) is 0 Å². The number of benzene rings is 1. The number of nitrogens with zero attached hydrogens (tertiary/aromatic N) is 2. The molecule has 0 atom stereocenters. The fourth-order valence-corrected chi connectivity index (χ4v) is 3.30. The standard InChI is InChI=1S/C17H26N2O2/c20-17(15-19-10-12-21-13-11-19)6-8-18(9-7-17)14-16-4-2-1-3-5-16/h1-5,20H,6-15H2. The molecule has 2 aliphatic heterocycles. The summed E-state index contributed by atoms with van der Waals surface area (Å²) in [5.74, 6) is 0. The van der Waals surface area contributed by atoms with Gasteiger partial charge in [-0.2, -0.15) is 0 Å². The van der Waals surface area contributed by atoms with Crippen LogP contribution < -0.4 is 0 Å². The van der Waals surface area contributed by atoms with Crippen molar-refractivity contribution in [3.05, 3.63) is 35.9 Å². The van der Waals surface area contributed by atoms with Gasteiger partial charge in [0.25, 0.3) is 0 Å². The van der Waals surface area contributed by atoms with Crippen molar-refractivity contribution >= 4 is 0 Å². The van der Waals surface area contributed by atoms with Gasteiger partial charge in [-0.3, -0.25) is 9.80 Å². The highest BCUT2D eigenvalue weighted by atomic mass is 16.5. The van der Waals surface area contributed by atoms with Crippen molar-refractivity contribution in [2.45, 2.75) is 25.0 Å². The van der Waals surface area contributed by atoms with E-state index in [4.69, 9.17) is 4.74 Å². The molecule has 4 nitrogen and oxygen atoms in total. The fraction of sp³-hybridized carbons (Fsp3) is 0.647. The van der Waals surface area contributed by atoms with Gasteiger partial charge in [-0.05, 0) is 18.4 Å². The third-order valence-electron chi connectivity index (χ3n) is 4.66. The Morgan fingerprint density at radius 2 is 1.62 bits per heavy atom. The number of β-amino-alcohol motifs (C(OH)–C–C–N with tert-alkyl or cyclic N) is 1. The summed E-state index contributed by atoms with van der Waals surface area (Å²) >= 11 is 0. The van der Waals surface area contributed by atoms with Crippen LogP contribution in [0.5, 0.6) is 0 Å². The quantitative estimate of drug-likeness (QED) is 0.908. The van der Waals surface area contributed by atoms with Crippen LogP contribution in [0.25, 0.3) is 0 Å².